The van der Waals surface area contributed by atoms with Crippen molar-refractivity contribution in [1.29, 1.82) is 0 Å². The largest absolute Gasteiger partial charge is 0.454 e. The van der Waals surface area contributed by atoms with Gasteiger partial charge in [0.1, 0.15) is 0 Å². The van der Waals surface area contributed by atoms with Crippen molar-refractivity contribution in [2.45, 2.75) is 24.8 Å². The summed E-state index contributed by atoms with van der Waals surface area (Å²) in [5, 5.41) is 9.73. The lowest BCUT2D eigenvalue weighted by Gasteiger charge is -2.29. The summed E-state index contributed by atoms with van der Waals surface area (Å²) >= 11 is 8.39. The van der Waals surface area contributed by atoms with Gasteiger partial charge in [-0.05, 0) is 36.1 Å². The first-order valence-corrected chi connectivity index (χ1v) is 11.4. The number of thiophene rings is 1. The van der Waals surface area contributed by atoms with Crippen LogP contribution in [0.3, 0.4) is 0 Å². The van der Waals surface area contributed by atoms with Crippen molar-refractivity contribution in [3.8, 4) is 11.5 Å². The average molecular weight is 451 g/mol. The molecule has 156 valence electrons. The molecule has 2 aromatic carbocycles. The number of nitrogens with one attached hydrogen (secondary N) is 2. The number of hydrogen-bond acceptors (Lipinski definition) is 6. The highest BCUT2D eigenvalue weighted by Gasteiger charge is 2.37. The van der Waals surface area contributed by atoms with Crippen molar-refractivity contribution in [1.82, 2.24) is 0 Å². The molecule has 0 fully saturated rings. The molecule has 5 nitrogen and oxygen atoms in total. The van der Waals surface area contributed by atoms with Gasteiger partial charge in [0, 0.05) is 40.1 Å². The minimum absolute atomic E-state index is 0.131. The number of fused-ring (bicyclic) bond motifs is 2. The predicted octanol–water partition coefficient (Wildman–Crippen LogP) is 6.11. The molecule has 2 N–H and O–H groups in total. The molecule has 6 rings (SSSR count). The van der Waals surface area contributed by atoms with E-state index in [1.54, 1.807) is 17.4 Å². The van der Waals surface area contributed by atoms with E-state index in [1.807, 2.05) is 36.4 Å². The molecule has 1 aromatic heterocycles. The van der Waals surface area contributed by atoms with Gasteiger partial charge in [0.15, 0.2) is 17.3 Å². The summed E-state index contributed by atoms with van der Waals surface area (Å²) in [6, 6.07) is 15.4. The lowest BCUT2D eigenvalue weighted by Crippen LogP contribution is -2.26. The number of allylic oxidation sites excluding steroid dienone is 1. The number of halogens is 1. The second kappa shape index (κ2) is 7.32. The van der Waals surface area contributed by atoms with Gasteiger partial charge in [0.25, 0.3) is 0 Å². The second-order valence-corrected chi connectivity index (χ2v) is 9.30. The van der Waals surface area contributed by atoms with E-state index in [1.165, 1.54) is 4.88 Å². The van der Waals surface area contributed by atoms with Gasteiger partial charge in [0.05, 0.1) is 22.4 Å². The SMILES string of the molecule is O=C1C[C@@H](c2cccs2)CC2=C1[C@@H](c1cc3c(cc1Cl)OCO3)Nc1ccccc1N2. The van der Waals surface area contributed by atoms with E-state index in [0.717, 1.165) is 34.6 Å². The van der Waals surface area contributed by atoms with Gasteiger partial charge in [-0.1, -0.05) is 29.8 Å². The molecule has 0 bridgehead atoms. The number of para-hydroxylation sites is 2. The van der Waals surface area contributed by atoms with Crippen LogP contribution in [0.15, 0.2) is 65.2 Å². The Morgan fingerprint density at radius 2 is 1.81 bits per heavy atom. The minimum atomic E-state index is -0.384. The number of carbonyl (C=O) groups excluding carboxylic acids is 1. The van der Waals surface area contributed by atoms with E-state index in [2.05, 4.69) is 22.1 Å². The van der Waals surface area contributed by atoms with Crippen LogP contribution in [0.1, 0.15) is 35.2 Å². The van der Waals surface area contributed by atoms with E-state index >= 15 is 0 Å². The summed E-state index contributed by atoms with van der Waals surface area (Å²) in [5.74, 6) is 1.58. The molecule has 2 atom stereocenters. The Kier molecular flexibility index (Phi) is 4.44. The van der Waals surface area contributed by atoms with Crippen molar-refractivity contribution in [3.63, 3.8) is 0 Å². The normalized spacial score (nSPS) is 21.6. The Hall–Kier alpha value is -2.96. The van der Waals surface area contributed by atoms with Gasteiger partial charge in [-0.3, -0.25) is 4.79 Å². The average Bonchev–Trinajstić information content (AvgIpc) is 3.42. The third-order valence-corrected chi connectivity index (χ3v) is 7.42. The molecule has 3 aromatic rings. The second-order valence-electron chi connectivity index (χ2n) is 7.91. The molecule has 0 amide bonds. The van der Waals surface area contributed by atoms with Crippen LogP contribution in [-0.4, -0.2) is 12.6 Å². The quantitative estimate of drug-likeness (QED) is 0.493. The van der Waals surface area contributed by atoms with Crippen LogP contribution in [0.2, 0.25) is 5.02 Å². The van der Waals surface area contributed by atoms with Crippen LogP contribution < -0.4 is 20.1 Å². The maximum atomic E-state index is 13.5. The lowest BCUT2D eigenvalue weighted by molar-refractivity contribution is -0.116. The lowest BCUT2D eigenvalue weighted by atomic mass is 9.80. The third kappa shape index (κ3) is 3.18. The molecule has 0 radical (unpaired) electrons. The van der Waals surface area contributed by atoms with Crippen molar-refractivity contribution in [2.75, 3.05) is 17.4 Å². The first-order valence-electron chi connectivity index (χ1n) is 10.2. The number of Topliss-reactive ketones (excluding diaryl/α,β-unsaturated/α-hetero) is 1. The molecule has 31 heavy (non-hydrogen) atoms. The molecule has 1 aliphatic carbocycles. The van der Waals surface area contributed by atoms with Gasteiger partial charge in [0.2, 0.25) is 6.79 Å². The van der Waals surface area contributed by atoms with E-state index in [0.29, 0.717) is 22.9 Å². The summed E-state index contributed by atoms with van der Waals surface area (Å²) < 4.78 is 11.1. The highest BCUT2D eigenvalue weighted by Crippen LogP contribution is 2.48. The zero-order valence-electron chi connectivity index (χ0n) is 16.5. The zero-order chi connectivity index (χ0) is 20.9. The van der Waals surface area contributed by atoms with E-state index in [4.69, 9.17) is 21.1 Å². The summed E-state index contributed by atoms with van der Waals surface area (Å²) in [6.45, 7) is 0.174. The minimum Gasteiger partial charge on any atom is -0.454 e. The fraction of sp³-hybridized carbons (Fsp3) is 0.208. The summed E-state index contributed by atoms with van der Waals surface area (Å²) in [7, 11) is 0. The highest BCUT2D eigenvalue weighted by atomic mass is 35.5. The maximum Gasteiger partial charge on any atom is 0.231 e. The number of hydrogen-bond donors (Lipinski definition) is 2. The van der Waals surface area contributed by atoms with E-state index in [-0.39, 0.29) is 24.5 Å². The summed E-state index contributed by atoms with van der Waals surface area (Å²) in [5.41, 5.74) is 4.38. The molecule has 3 heterocycles. The molecule has 2 aliphatic heterocycles. The number of rotatable bonds is 2. The first-order chi connectivity index (χ1) is 15.2. The predicted molar refractivity (Wildman–Crippen MR) is 122 cm³/mol. The fourth-order valence-corrected chi connectivity index (χ4v) is 5.70. The molecule has 0 saturated heterocycles. The first kappa shape index (κ1) is 18.8. The molecular formula is C24H19ClN2O3S. The van der Waals surface area contributed by atoms with Crippen LogP contribution >= 0.6 is 22.9 Å². The van der Waals surface area contributed by atoms with E-state index in [9.17, 15) is 4.79 Å². The van der Waals surface area contributed by atoms with Crippen molar-refractivity contribution < 1.29 is 14.3 Å². The molecule has 0 unspecified atom stereocenters. The topological polar surface area (TPSA) is 59.6 Å². The summed E-state index contributed by atoms with van der Waals surface area (Å²) in [6.07, 6.45) is 1.26. The highest BCUT2D eigenvalue weighted by molar-refractivity contribution is 7.10. The number of ether oxygens (including phenoxy) is 2. The molecule has 0 saturated carbocycles. The van der Waals surface area contributed by atoms with Crippen LogP contribution in [0, 0.1) is 0 Å². The van der Waals surface area contributed by atoms with Gasteiger partial charge in [-0.2, -0.15) is 0 Å². The molecular weight excluding hydrogens is 432 g/mol. The monoisotopic (exact) mass is 450 g/mol. The Morgan fingerprint density at radius 1 is 1.00 bits per heavy atom. The van der Waals surface area contributed by atoms with Gasteiger partial charge in [-0.15, -0.1) is 11.3 Å². The van der Waals surface area contributed by atoms with Crippen molar-refractivity contribution in [3.05, 3.63) is 80.6 Å². The Labute approximate surface area is 188 Å². The molecule has 7 heteroatoms. The van der Waals surface area contributed by atoms with Crippen molar-refractivity contribution >= 4 is 40.1 Å². The smallest absolute Gasteiger partial charge is 0.231 e. The van der Waals surface area contributed by atoms with Crippen LogP contribution in [0.25, 0.3) is 0 Å². The van der Waals surface area contributed by atoms with Crippen molar-refractivity contribution in [2.24, 2.45) is 0 Å². The Balaban J connectivity index is 1.50. The Bertz CT molecular complexity index is 1220. The maximum absolute atomic E-state index is 13.5. The number of ketones is 1. The zero-order valence-corrected chi connectivity index (χ0v) is 18.1. The third-order valence-electron chi connectivity index (χ3n) is 6.06. The number of benzene rings is 2. The van der Waals surface area contributed by atoms with Gasteiger partial charge in [-0.25, -0.2) is 0 Å². The number of anilines is 2. The fourth-order valence-electron chi connectivity index (χ4n) is 4.60. The van der Waals surface area contributed by atoms with Crippen LogP contribution in [-0.2, 0) is 4.79 Å². The van der Waals surface area contributed by atoms with Gasteiger partial charge < -0.3 is 20.1 Å². The van der Waals surface area contributed by atoms with Crippen LogP contribution in [0.5, 0.6) is 11.5 Å². The summed E-state index contributed by atoms with van der Waals surface area (Å²) in [4.78, 5) is 14.8. The standard InChI is InChI=1S/C24H19ClN2O3S/c25-15-11-21-20(29-12-30-21)10-14(15)24-23-18(26-16-4-1-2-5-17(16)27-24)8-13(9-19(23)28)22-6-3-7-31-22/h1-7,10-11,13,24,26-27H,8-9,12H2/t13-,24+/m0/s1. The van der Waals surface area contributed by atoms with Crippen LogP contribution in [0.4, 0.5) is 11.4 Å². The number of carbonyl (C=O) groups is 1. The molecule has 0 spiro atoms. The van der Waals surface area contributed by atoms with Gasteiger partial charge >= 0.3 is 0 Å². The molecule has 3 aliphatic rings. The van der Waals surface area contributed by atoms with E-state index < -0.39 is 0 Å². The Morgan fingerprint density at radius 3 is 2.61 bits per heavy atom.